The number of hydrogen-bond donors (Lipinski definition) is 2. The highest BCUT2D eigenvalue weighted by Gasteiger charge is 2.30. The molecule has 2 saturated heterocycles. The van der Waals surface area contributed by atoms with Gasteiger partial charge in [0.25, 0.3) is 5.91 Å². The van der Waals surface area contributed by atoms with Crippen LogP contribution >= 0.6 is 0 Å². The molecule has 2 aromatic heterocycles. The number of pyridine rings is 2. The molecule has 3 amide bonds. The van der Waals surface area contributed by atoms with Crippen LogP contribution in [-0.2, 0) is 32.0 Å². The van der Waals surface area contributed by atoms with E-state index in [2.05, 4.69) is 26.7 Å². The Balaban J connectivity index is 1.32. The van der Waals surface area contributed by atoms with Crippen LogP contribution < -0.4 is 15.5 Å². The fourth-order valence-electron chi connectivity index (χ4n) is 5.58. The van der Waals surface area contributed by atoms with Gasteiger partial charge in [-0.25, -0.2) is 14.8 Å². The van der Waals surface area contributed by atoms with Crippen molar-refractivity contribution < 1.29 is 28.6 Å². The summed E-state index contributed by atoms with van der Waals surface area (Å²) in [5.74, 6) is 0.522. The predicted octanol–water partition coefficient (Wildman–Crippen LogP) is 2.50. The molecule has 0 saturated carbocycles. The van der Waals surface area contributed by atoms with Crippen LogP contribution in [0, 0.1) is 11.3 Å². The average Bonchev–Trinajstić information content (AvgIpc) is 3.55. The number of likely N-dealkylation sites (N-methyl/N-ethyl adjacent to an activating group) is 1. The molecule has 42 heavy (non-hydrogen) atoms. The third-order valence-electron chi connectivity index (χ3n) is 7.82. The minimum absolute atomic E-state index is 0.0849. The number of methoxy groups -OCH3 is 1. The summed E-state index contributed by atoms with van der Waals surface area (Å²) in [6.07, 6.45) is 5.13. The first-order valence-corrected chi connectivity index (χ1v) is 14.1. The number of aldehydes is 1. The fourth-order valence-corrected chi connectivity index (χ4v) is 5.58. The number of anilines is 3. The Morgan fingerprint density at radius 3 is 2.88 bits per heavy atom. The first-order valence-electron chi connectivity index (χ1n) is 14.1. The largest absolute Gasteiger partial charge is 0.379 e. The van der Waals surface area contributed by atoms with Crippen LogP contribution in [0.3, 0.4) is 0 Å². The number of aromatic nitrogens is 2. The fraction of sp³-hybridized carbons (Fsp3) is 0.517. The van der Waals surface area contributed by atoms with E-state index in [1.807, 2.05) is 6.07 Å². The van der Waals surface area contributed by atoms with E-state index in [9.17, 15) is 19.6 Å². The smallest absolute Gasteiger partial charge is 0.328 e. The highest BCUT2D eigenvalue weighted by atomic mass is 16.5. The minimum Gasteiger partial charge on any atom is -0.379 e. The molecule has 3 aliphatic rings. The molecule has 5 heterocycles. The molecule has 13 heteroatoms. The molecule has 0 unspecified atom stereocenters. The van der Waals surface area contributed by atoms with Crippen molar-refractivity contribution in [2.75, 3.05) is 56.1 Å². The third kappa shape index (κ3) is 6.35. The molecule has 0 aromatic carbocycles. The molecule has 13 nitrogen and oxygen atoms in total. The zero-order chi connectivity index (χ0) is 29.6. The number of ether oxygens (including phenoxy) is 3. The topological polar surface area (TPSA) is 159 Å². The lowest BCUT2D eigenvalue weighted by Gasteiger charge is -2.32. The number of nitrogens with zero attached hydrogens (tertiary/aromatic N) is 5. The first-order chi connectivity index (χ1) is 20.4. The Morgan fingerprint density at radius 1 is 1.29 bits per heavy atom. The van der Waals surface area contributed by atoms with Crippen LogP contribution in [0.5, 0.6) is 0 Å². The van der Waals surface area contributed by atoms with Gasteiger partial charge in [-0.1, -0.05) is 0 Å². The number of carbonyl (C=O) groups excluding carboxylic acids is 3. The van der Waals surface area contributed by atoms with Gasteiger partial charge in [-0.3, -0.25) is 19.8 Å². The Hall–Kier alpha value is -4.12. The van der Waals surface area contributed by atoms with E-state index in [1.54, 1.807) is 25.1 Å². The van der Waals surface area contributed by atoms with Gasteiger partial charge in [0, 0.05) is 58.3 Å². The summed E-state index contributed by atoms with van der Waals surface area (Å²) in [5, 5.41) is 15.7. The van der Waals surface area contributed by atoms with Gasteiger partial charge in [0.2, 0.25) is 0 Å². The van der Waals surface area contributed by atoms with E-state index in [1.165, 1.54) is 11.1 Å². The molecular weight excluding hydrogens is 542 g/mol. The molecule has 0 spiro atoms. The van der Waals surface area contributed by atoms with Gasteiger partial charge in [0.15, 0.2) is 6.29 Å². The number of nitriles is 1. The Labute approximate surface area is 244 Å². The van der Waals surface area contributed by atoms with Crippen LogP contribution in [0.4, 0.5) is 22.1 Å². The van der Waals surface area contributed by atoms with Crippen LogP contribution in [-0.4, -0.2) is 91.9 Å². The van der Waals surface area contributed by atoms with Crippen LogP contribution in [0.15, 0.2) is 18.3 Å². The maximum absolute atomic E-state index is 13.4. The lowest BCUT2D eigenvalue weighted by atomic mass is 10.0. The van der Waals surface area contributed by atoms with Crippen molar-refractivity contribution >= 4 is 35.5 Å². The second-order valence-electron chi connectivity index (χ2n) is 10.6. The number of urea groups is 1. The maximum Gasteiger partial charge on any atom is 0.328 e. The lowest BCUT2D eigenvalue weighted by molar-refractivity contribution is -0.140. The van der Waals surface area contributed by atoms with E-state index in [-0.39, 0.29) is 36.1 Å². The summed E-state index contributed by atoms with van der Waals surface area (Å²) >= 11 is 0. The van der Waals surface area contributed by atoms with Gasteiger partial charge in [-0.05, 0) is 43.7 Å². The van der Waals surface area contributed by atoms with Crippen molar-refractivity contribution in [1.29, 1.82) is 5.26 Å². The van der Waals surface area contributed by atoms with E-state index in [0.717, 1.165) is 18.4 Å². The zero-order valence-corrected chi connectivity index (χ0v) is 23.8. The summed E-state index contributed by atoms with van der Waals surface area (Å²) in [6, 6.07) is 4.95. The summed E-state index contributed by atoms with van der Waals surface area (Å²) in [7, 11) is 3.32. The second-order valence-corrected chi connectivity index (χ2v) is 10.6. The summed E-state index contributed by atoms with van der Waals surface area (Å²) in [6.45, 7) is 2.20. The Kier molecular flexibility index (Phi) is 9.26. The molecule has 0 aliphatic carbocycles. The molecule has 2 N–H and O–H groups in total. The first kappa shape index (κ1) is 29.4. The van der Waals surface area contributed by atoms with Gasteiger partial charge in [0.1, 0.15) is 29.5 Å². The highest BCUT2D eigenvalue weighted by molar-refractivity contribution is 6.02. The molecule has 2 fully saturated rings. The van der Waals surface area contributed by atoms with E-state index in [4.69, 9.17) is 14.2 Å². The van der Waals surface area contributed by atoms with E-state index in [0.29, 0.717) is 74.5 Å². The van der Waals surface area contributed by atoms with Crippen molar-refractivity contribution in [3.05, 3.63) is 40.7 Å². The summed E-state index contributed by atoms with van der Waals surface area (Å²) in [5.41, 5.74) is 2.43. The van der Waals surface area contributed by atoms with Crippen molar-refractivity contribution in [2.45, 2.75) is 56.9 Å². The predicted molar refractivity (Wildman–Crippen MR) is 152 cm³/mol. The number of nitrogens with one attached hydrogen (secondary N) is 2. The van der Waals surface area contributed by atoms with Crippen LogP contribution in [0.2, 0.25) is 0 Å². The van der Waals surface area contributed by atoms with Gasteiger partial charge >= 0.3 is 6.03 Å². The molecule has 3 atom stereocenters. The quantitative estimate of drug-likeness (QED) is 0.446. The van der Waals surface area contributed by atoms with Crippen LogP contribution in [0.1, 0.15) is 52.9 Å². The molecule has 3 aliphatic heterocycles. The number of carbonyl (C=O) groups is 3. The molecular formula is C29H35N7O6. The molecule has 0 radical (unpaired) electrons. The standard InChI is InChI=1S/C29H35N7O6/c1-35(28(38)25-6-4-9-42-25)15-19-11-18-5-3-8-36(27(18)33-22(19)16-37)29(39)34-26-12-21(20(13-30)14-31-26)32-23-17-41-10-7-24(23)40-2/h11-12,14,16,23-25H,3-10,15,17H2,1-2H3,(H2,31,32,34,39)/t23-,24-,25-/m1/s1. The maximum atomic E-state index is 13.4. The third-order valence-corrected chi connectivity index (χ3v) is 7.82. The second kappa shape index (κ2) is 13.2. The molecule has 222 valence electrons. The molecule has 0 bridgehead atoms. The SMILES string of the molecule is CO[C@@H]1CCOC[C@H]1Nc1cc(NC(=O)N2CCCc3cc(CN(C)C(=O)[C@H]4CCCO4)c(C=O)nc32)ncc1C#N. The van der Waals surface area contributed by atoms with Crippen LogP contribution in [0.25, 0.3) is 0 Å². The van der Waals surface area contributed by atoms with Crippen molar-refractivity contribution in [3.8, 4) is 6.07 Å². The minimum atomic E-state index is -0.461. The summed E-state index contributed by atoms with van der Waals surface area (Å²) in [4.78, 5) is 50.1. The summed E-state index contributed by atoms with van der Waals surface area (Å²) < 4.78 is 16.7. The van der Waals surface area contributed by atoms with Crippen molar-refractivity contribution in [1.82, 2.24) is 14.9 Å². The number of rotatable bonds is 8. The Bertz CT molecular complexity index is 1370. The molecule has 2 aromatic rings. The zero-order valence-electron chi connectivity index (χ0n) is 23.8. The van der Waals surface area contributed by atoms with Crippen molar-refractivity contribution in [2.24, 2.45) is 0 Å². The number of fused-ring (bicyclic) bond motifs is 1. The van der Waals surface area contributed by atoms with Gasteiger partial charge in [-0.15, -0.1) is 0 Å². The van der Waals surface area contributed by atoms with Crippen molar-refractivity contribution in [3.63, 3.8) is 0 Å². The lowest BCUT2D eigenvalue weighted by Crippen LogP contribution is -2.43. The van der Waals surface area contributed by atoms with E-state index < -0.39 is 12.1 Å². The number of amides is 3. The monoisotopic (exact) mass is 577 g/mol. The molecule has 5 rings (SSSR count). The van der Waals surface area contributed by atoms with Gasteiger partial charge in [-0.2, -0.15) is 5.26 Å². The van der Waals surface area contributed by atoms with Gasteiger partial charge in [0.05, 0.1) is 30.0 Å². The highest BCUT2D eigenvalue weighted by Crippen LogP contribution is 2.29. The number of hydrogen-bond acceptors (Lipinski definition) is 10. The number of aryl methyl sites for hydroxylation is 1. The van der Waals surface area contributed by atoms with E-state index >= 15 is 0 Å². The van der Waals surface area contributed by atoms with Gasteiger partial charge < -0.3 is 24.4 Å². The Morgan fingerprint density at radius 2 is 2.14 bits per heavy atom. The normalized spacial score (nSPS) is 21.6. The average molecular weight is 578 g/mol.